The van der Waals surface area contributed by atoms with Crippen LogP contribution >= 0.6 is 22.9 Å². The number of halogens is 4. The van der Waals surface area contributed by atoms with Crippen molar-refractivity contribution >= 4 is 40.4 Å². The van der Waals surface area contributed by atoms with Crippen molar-refractivity contribution in [3.8, 4) is 11.3 Å². The zero-order valence-corrected chi connectivity index (χ0v) is 19.9. The number of hydrogen-bond acceptors (Lipinski definition) is 9. The third-order valence-electron chi connectivity index (χ3n) is 4.87. The average molecular weight is 534 g/mol. The van der Waals surface area contributed by atoms with E-state index in [0.29, 0.717) is 22.3 Å². The van der Waals surface area contributed by atoms with Crippen LogP contribution < -0.4 is 5.32 Å². The molecule has 4 rings (SSSR count). The van der Waals surface area contributed by atoms with Crippen molar-refractivity contribution in [2.45, 2.75) is 25.4 Å². The van der Waals surface area contributed by atoms with E-state index >= 15 is 0 Å². The lowest BCUT2D eigenvalue weighted by molar-refractivity contribution is -0.137. The number of Topliss-reactive ketones (excluding diaryl/α,β-unsaturated/α-hetero) is 1. The molecule has 1 N–H and O–H groups in total. The Bertz CT molecular complexity index is 1420. The number of carbonyl (C=O) groups excluding carboxylic acids is 2. The monoisotopic (exact) mass is 533 g/mol. The number of thiazole rings is 1. The largest absolute Gasteiger partial charge is 0.418 e. The van der Waals surface area contributed by atoms with Gasteiger partial charge in [0.05, 0.1) is 27.5 Å². The standard InChI is InChI=1S/C22H15ClF3N7O2S/c1-11(2-17(34)16-4-15(31-10-32-16)12-5-27-9-28-6-12)21-30-8-18(36-21)20(35)33-19-3-13(22(24,25)26)14(23)7-29-19/h3-11H,2H2,1H3,(H,29,33,35)/t11-/m0/s1. The Hall–Kier alpha value is -3.84. The first-order chi connectivity index (χ1) is 17.1. The second-order valence-corrected chi connectivity index (χ2v) is 8.98. The summed E-state index contributed by atoms with van der Waals surface area (Å²) < 4.78 is 39.1. The van der Waals surface area contributed by atoms with Crippen LogP contribution in [0.1, 0.15) is 50.0 Å². The molecule has 0 radical (unpaired) electrons. The summed E-state index contributed by atoms with van der Waals surface area (Å²) in [6.45, 7) is 1.77. The van der Waals surface area contributed by atoms with Gasteiger partial charge in [-0.1, -0.05) is 18.5 Å². The summed E-state index contributed by atoms with van der Waals surface area (Å²) in [7, 11) is 0. The highest BCUT2D eigenvalue weighted by atomic mass is 35.5. The quantitative estimate of drug-likeness (QED) is 0.326. The predicted octanol–water partition coefficient (Wildman–Crippen LogP) is 5.09. The summed E-state index contributed by atoms with van der Waals surface area (Å²) in [5.41, 5.74) is 0.230. The Morgan fingerprint density at radius 2 is 1.78 bits per heavy atom. The fourth-order valence-corrected chi connectivity index (χ4v) is 4.17. The Balaban J connectivity index is 1.43. The van der Waals surface area contributed by atoms with Crippen LogP contribution in [0, 0.1) is 0 Å². The Kier molecular flexibility index (Phi) is 7.31. The fourth-order valence-electron chi connectivity index (χ4n) is 3.09. The second-order valence-electron chi connectivity index (χ2n) is 7.51. The minimum Gasteiger partial charge on any atom is -0.306 e. The molecule has 0 unspecified atom stereocenters. The zero-order chi connectivity index (χ0) is 25.9. The topological polar surface area (TPSA) is 124 Å². The van der Waals surface area contributed by atoms with Crippen LogP contribution in [0.4, 0.5) is 19.0 Å². The lowest BCUT2D eigenvalue weighted by Gasteiger charge is -2.10. The highest BCUT2D eigenvalue weighted by molar-refractivity contribution is 7.13. The van der Waals surface area contributed by atoms with Crippen molar-refractivity contribution in [3.05, 3.63) is 75.7 Å². The molecule has 14 heteroatoms. The van der Waals surface area contributed by atoms with Crippen molar-refractivity contribution in [2.24, 2.45) is 0 Å². The summed E-state index contributed by atoms with van der Waals surface area (Å²) in [6, 6.07) is 2.20. The van der Waals surface area contributed by atoms with Gasteiger partial charge in [-0.3, -0.25) is 9.59 Å². The number of rotatable bonds is 7. The maximum absolute atomic E-state index is 13.0. The fraction of sp³-hybridized carbons (Fsp3) is 0.182. The van der Waals surface area contributed by atoms with Crippen LogP contribution in [-0.4, -0.2) is 41.6 Å². The highest BCUT2D eigenvalue weighted by Gasteiger charge is 2.34. The van der Waals surface area contributed by atoms with E-state index in [0.717, 1.165) is 17.5 Å². The van der Waals surface area contributed by atoms with Crippen molar-refractivity contribution in [1.82, 2.24) is 29.9 Å². The van der Waals surface area contributed by atoms with Crippen LogP contribution in [0.2, 0.25) is 5.02 Å². The third-order valence-corrected chi connectivity index (χ3v) is 6.40. The lowest BCUT2D eigenvalue weighted by Crippen LogP contribution is -2.13. The van der Waals surface area contributed by atoms with Crippen LogP contribution in [-0.2, 0) is 6.18 Å². The molecule has 0 saturated carbocycles. The van der Waals surface area contributed by atoms with Crippen LogP contribution in [0.5, 0.6) is 0 Å². The first kappa shape index (κ1) is 25.3. The van der Waals surface area contributed by atoms with E-state index in [1.807, 2.05) is 0 Å². The number of carbonyl (C=O) groups is 2. The van der Waals surface area contributed by atoms with Gasteiger partial charge in [0.25, 0.3) is 5.91 Å². The Labute approximate surface area is 210 Å². The number of pyridine rings is 1. The third kappa shape index (κ3) is 5.86. The molecule has 0 spiro atoms. The molecule has 0 saturated heterocycles. The number of nitrogens with zero attached hydrogens (tertiary/aromatic N) is 6. The molecule has 0 bridgehead atoms. The molecular formula is C22H15ClF3N7O2S. The van der Waals surface area contributed by atoms with Crippen LogP contribution in [0.15, 0.2) is 49.6 Å². The number of aromatic nitrogens is 6. The van der Waals surface area contributed by atoms with Crippen molar-refractivity contribution in [2.75, 3.05) is 5.32 Å². The molecule has 1 atom stereocenters. The van der Waals surface area contributed by atoms with E-state index in [9.17, 15) is 22.8 Å². The molecule has 184 valence electrons. The summed E-state index contributed by atoms with van der Waals surface area (Å²) in [6.07, 6.45) is 3.26. The summed E-state index contributed by atoms with van der Waals surface area (Å²) in [5, 5.41) is 2.23. The minimum absolute atomic E-state index is 0.0595. The van der Waals surface area contributed by atoms with Gasteiger partial charge in [0.2, 0.25) is 0 Å². The molecule has 0 aromatic carbocycles. The van der Waals surface area contributed by atoms with Crippen LogP contribution in [0.25, 0.3) is 11.3 Å². The van der Waals surface area contributed by atoms with Gasteiger partial charge in [-0.05, 0) is 12.1 Å². The molecule has 4 heterocycles. The normalized spacial score (nSPS) is 12.2. The molecule has 0 aliphatic carbocycles. The zero-order valence-electron chi connectivity index (χ0n) is 18.3. The molecule has 4 aromatic rings. The van der Waals surface area contributed by atoms with Gasteiger partial charge < -0.3 is 5.32 Å². The first-order valence-electron chi connectivity index (χ1n) is 10.2. The summed E-state index contributed by atoms with van der Waals surface area (Å²) in [4.78, 5) is 49.4. The molecular weight excluding hydrogens is 519 g/mol. The highest BCUT2D eigenvalue weighted by Crippen LogP contribution is 2.35. The van der Waals surface area contributed by atoms with E-state index < -0.39 is 22.7 Å². The molecule has 0 aliphatic rings. The van der Waals surface area contributed by atoms with E-state index in [-0.39, 0.29) is 34.5 Å². The Morgan fingerprint density at radius 1 is 1.03 bits per heavy atom. The SMILES string of the molecule is C[C@@H](CC(=O)c1cc(-c2cncnc2)ncn1)c1ncc(C(=O)Nc2cc(C(F)(F)F)c(Cl)cn2)s1. The van der Waals surface area contributed by atoms with Crippen LogP contribution in [0.3, 0.4) is 0 Å². The van der Waals surface area contributed by atoms with Gasteiger partial charge >= 0.3 is 6.18 Å². The van der Waals surface area contributed by atoms with E-state index in [1.165, 1.54) is 18.9 Å². The maximum Gasteiger partial charge on any atom is 0.418 e. The second kappa shape index (κ2) is 10.4. The molecule has 0 fully saturated rings. The van der Waals surface area contributed by atoms with Gasteiger partial charge in [-0.25, -0.2) is 29.9 Å². The first-order valence-corrected chi connectivity index (χ1v) is 11.4. The maximum atomic E-state index is 13.0. The van der Waals surface area contributed by atoms with Crippen molar-refractivity contribution in [1.29, 1.82) is 0 Å². The van der Waals surface area contributed by atoms with Gasteiger partial charge in [-0.2, -0.15) is 13.2 Å². The number of hydrogen-bond donors (Lipinski definition) is 1. The number of nitrogens with one attached hydrogen (secondary N) is 1. The summed E-state index contributed by atoms with van der Waals surface area (Å²) in [5.74, 6) is -1.61. The number of amides is 1. The van der Waals surface area contributed by atoms with Crippen molar-refractivity contribution < 1.29 is 22.8 Å². The van der Waals surface area contributed by atoms with E-state index in [1.54, 1.807) is 25.4 Å². The smallest absolute Gasteiger partial charge is 0.306 e. The Morgan fingerprint density at radius 3 is 2.50 bits per heavy atom. The number of ketones is 1. The van der Waals surface area contributed by atoms with E-state index in [4.69, 9.17) is 11.6 Å². The molecule has 4 aromatic heterocycles. The molecule has 9 nitrogen and oxygen atoms in total. The molecule has 0 aliphatic heterocycles. The average Bonchev–Trinajstić information content (AvgIpc) is 3.36. The number of anilines is 1. The molecule has 1 amide bonds. The van der Waals surface area contributed by atoms with Gasteiger partial charge in [0, 0.05) is 36.5 Å². The molecule has 36 heavy (non-hydrogen) atoms. The van der Waals surface area contributed by atoms with Gasteiger partial charge in [0.15, 0.2) is 5.78 Å². The van der Waals surface area contributed by atoms with Gasteiger partial charge in [-0.15, -0.1) is 11.3 Å². The van der Waals surface area contributed by atoms with E-state index in [2.05, 4.69) is 35.2 Å². The summed E-state index contributed by atoms with van der Waals surface area (Å²) >= 11 is 6.57. The predicted molar refractivity (Wildman–Crippen MR) is 125 cm³/mol. The number of alkyl halides is 3. The van der Waals surface area contributed by atoms with Crippen molar-refractivity contribution in [3.63, 3.8) is 0 Å². The minimum atomic E-state index is -4.70. The van der Waals surface area contributed by atoms with Gasteiger partial charge in [0.1, 0.15) is 29.0 Å². The lowest BCUT2D eigenvalue weighted by atomic mass is 10.0.